The maximum absolute atomic E-state index is 12.0. The Labute approximate surface area is 182 Å². The summed E-state index contributed by atoms with van der Waals surface area (Å²) in [6.07, 6.45) is 3.84. The molecule has 0 spiro atoms. The zero-order chi connectivity index (χ0) is 21.2. The molecule has 1 N–H and O–H groups in total. The SMILES string of the molecule is O=C(COc1ccc([N+](=O)[O-])cc1)Nc1nnc(SCC#CCN2CCCCC2)s1. The van der Waals surface area contributed by atoms with E-state index in [9.17, 15) is 14.9 Å². The third-order valence-corrected chi connectivity index (χ3v) is 6.07. The smallest absolute Gasteiger partial charge is 0.269 e. The lowest BCUT2D eigenvalue weighted by molar-refractivity contribution is -0.384. The van der Waals surface area contributed by atoms with Crippen LogP contribution in [-0.2, 0) is 4.79 Å². The lowest BCUT2D eigenvalue weighted by Gasteiger charge is -2.23. The summed E-state index contributed by atoms with van der Waals surface area (Å²) < 4.78 is 6.05. The summed E-state index contributed by atoms with van der Waals surface area (Å²) in [5.74, 6) is 6.94. The molecule has 1 amide bonds. The number of thioether (sulfide) groups is 1. The fourth-order valence-corrected chi connectivity index (χ4v) is 4.26. The molecule has 0 radical (unpaired) electrons. The number of likely N-dealkylation sites (tertiary alicyclic amines) is 1. The van der Waals surface area contributed by atoms with E-state index in [1.807, 2.05) is 0 Å². The van der Waals surface area contributed by atoms with Gasteiger partial charge in [0.2, 0.25) is 5.13 Å². The van der Waals surface area contributed by atoms with Crippen molar-refractivity contribution in [1.82, 2.24) is 15.1 Å². The molecule has 2 heterocycles. The minimum absolute atomic E-state index is 0.0399. The van der Waals surface area contributed by atoms with Crippen LogP contribution in [0.5, 0.6) is 5.75 Å². The molecular formula is C19H21N5O4S2. The second kappa shape index (κ2) is 11.5. The zero-order valence-corrected chi connectivity index (χ0v) is 17.8. The van der Waals surface area contributed by atoms with Crippen LogP contribution in [0.25, 0.3) is 0 Å². The third-order valence-electron chi connectivity index (χ3n) is 4.21. The van der Waals surface area contributed by atoms with Gasteiger partial charge in [-0.15, -0.1) is 10.2 Å². The third kappa shape index (κ3) is 7.29. The number of aromatic nitrogens is 2. The average Bonchev–Trinajstić information content (AvgIpc) is 3.20. The van der Waals surface area contributed by atoms with Crippen LogP contribution < -0.4 is 10.1 Å². The number of non-ortho nitro benzene ring substituents is 1. The maximum Gasteiger partial charge on any atom is 0.269 e. The van der Waals surface area contributed by atoms with Gasteiger partial charge < -0.3 is 4.74 Å². The Morgan fingerprint density at radius 2 is 2.00 bits per heavy atom. The summed E-state index contributed by atoms with van der Waals surface area (Å²) in [6, 6.07) is 5.52. The van der Waals surface area contributed by atoms with Gasteiger partial charge in [-0.05, 0) is 38.1 Å². The molecule has 1 saturated heterocycles. The van der Waals surface area contributed by atoms with Crippen molar-refractivity contribution >= 4 is 39.8 Å². The molecule has 0 atom stereocenters. The van der Waals surface area contributed by atoms with Gasteiger partial charge in [0.15, 0.2) is 10.9 Å². The first kappa shape index (κ1) is 22.0. The Hall–Kier alpha value is -2.68. The van der Waals surface area contributed by atoms with Gasteiger partial charge in [-0.3, -0.25) is 25.1 Å². The molecular weight excluding hydrogens is 426 g/mol. The predicted molar refractivity (Wildman–Crippen MR) is 116 cm³/mol. The van der Waals surface area contributed by atoms with Crippen molar-refractivity contribution in [3.05, 3.63) is 34.4 Å². The number of anilines is 1. The second-order valence-corrected chi connectivity index (χ2v) is 8.64. The van der Waals surface area contributed by atoms with E-state index < -0.39 is 4.92 Å². The second-order valence-electron chi connectivity index (χ2n) is 6.44. The molecule has 158 valence electrons. The van der Waals surface area contributed by atoms with Gasteiger partial charge in [0.1, 0.15) is 5.75 Å². The average molecular weight is 448 g/mol. The number of carbonyl (C=O) groups is 1. The number of hydrogen-bond donors (Lipinski definition) is 1. The predicted octanol–water partition coefficient (Wildman–Crippen LogP) is 3.05. The van der Waals surface area contributed by atoms with Crippen LogP contribution in [-0.4, -0.2) is 57.9 Å². The quantitative estimate of drug-likeness (QED) is 0.216. The monoisotopic (exact) mass is 447 g/mol. The molecule has 30 heavy (non-hydrogen) atoms. The van der Waals surface area contributed by atoms with Crippen molar-refractivity contribution in [2.45, 2.75) is 23.6 Å². The van der Waals surface area contributed by atoms with Crippen molar-refractivity contribution in [1.29, 1.82) is 0 Å². The number of ether oxygens (including phenoxy) is 1. The number of nitrogens with one attached hydrogen (secondary N) is 1. The Bertz CT molecular complexity index is 917. The lowest BCUT2D eigenvalue weighted by atomic mass is 10.1. The van der Waals surface area contributed by atoms with E-state index in [0.717, 1.165) is 24.0 Å². The van der Waals surface area contributed by atoms with Crippen LogP contribution in [0.1, 0.15) is 19.3 Å². The van der Waals surface area contributed by atoms with Gasteiger partial charge in [-0.1, -0.05) is 41.4 Å². The molecule has 9 nitrogen and oxygen atoms in total. The van der Waals surface area contributed by atoms with E-state index in [0.29, 0.717) is 16.6 Å². The number of benzene rings is 1. The zero-order valence-electron chi connectivity index (χ0n) is 16.2. The molecule has 3 rings (SSSR count). The van der Waals surface area contributed by atoms with Crippen LogP contribution in [0.15, 0.2) is 28.6 Å². The minimum Gasteiger partial charge on any atom is -0.484 e. The summed E-state index contributed by atoms with van der Waals surface area (Å²) in [6.45, 7) is 2.85. The Kier molecular flexibility index (Phi) is 8.43. The van der Waals surface area contributed by atoms with Gasteiger partial charge in [0, 0.05) is 12.1 Å². The number of hydrogen-bond acceptors (Lipinski definition) is 9. The van der Waals surface area contributed by atoms with Gasteiger partial charge in [-0.2, -0.15) is 0 Å². The van der Waals surface area contributed by atoms with E-state index in [4.69, 9.17) is 4.74 Å². The fourth-order valence-electron chi connectivity index (χ4n) is 2.72. The minimum atomic E-state index is -0.498. The first-order chi connectivity index (χ1) is 14.6. The standard InChI is InChI=1S/C19H21N5O4S2/c25-17(14-28-16-8-6-15(7-9-16)24(26)27)20-18-21-22-19(30-18)29-13-5-4-12-23-10-2-1-3-11-23/h6-9H,1-3,10-14H2,(H,20,21,25). The molecule has 2 aromatic rings. The number of nitro benzene ring substituents is 1. The number of nitrogens with zero attached hydrogens (tertiary/aromatic N) is 4. The normalized spacial score (nSPS) is 13.9. The summed E-state index contributed by atoms with van der Waals surface area (Å²) in [7, 11) is 0. The van der Waals surface area contributed by atoms with E-state index in [1.54, 1.807) is 0 Å². The van der Waals surface area contributed by atoms with Gasteiger partial charge in [0.25, 0.3) is 11.6 Å². The Morgan fingerprint density at radius 3 is 2.73 bits per heavy atom. The molecule has 1 aromatic carbocycles. The van der Waals surface area contributed by atoms with Crippen LogP contribution in [0.3, 0.4) is 0 Å². The number of amides is 1. The highest BCUT2D eigenvalue weighted by Gasteiger charge is 2.10. The maximum atomic E-state index is 12.0. The molecule has 0 bridgehead atoms. The van der Waals surface area contributed by atoms with E-state index in [-0.39, 0.29) is 18.2 Å². The van der Waals surface area contributed by atoms with Gasteiger partial charge >= 0.3 is 0 Å². The highest BCUT2D eigenvalue weighted by Crippen LogP contribution is 2.25. The Morgan fingerprint density at radius 1 is 1.23 bits per heavy atom. The summed E-state index contributed by atoms with van der Waals surface area (Å²) in [4.78, 5) is 24.5. The highest BCUT2D eigenvalue weighted by atomic mass is 32.2. The van der Waals surface area contributed by atoms with Gasteiger partial charge in [0.05, 0.1) is 17.2 Å². The molecule has 1 aliphatic rings. The molecule has 1 aliphatic heterocycles. The number of carbonyl (C=O) groups excluding carboxylic acids is 1. The molecule has 0 saturated carbocycles. The van der Waals surface area contributed by atoms with Gasteiger partial charge in [-0.25, -0.2) is 0 Å². The van der Waals surface area contributed by atoms with Crippen molar-refractivity contribution in [3.63, 3.8) is 0 Å². The number of nitro groups is 1. The summed E-state index contributed by atoms with van der Waals surface area (Å²) in [5.41, 5.74) is -0.0399. The number of rotatable bonds is 8. The lowest BCUT2D eigenvalue weighted by Crippen LogP contribution is -2.29. The number of piperidine rings is 1. The highest BCUT2D eigenvalue weighted by molar-refractivity contribution is 8.01. The van der Waals surface area contributed by atoms with Crippen LogP contribution in [0.4, 0.5) is 10.8 Å². The van der Waals surface area contributed by atoms with Crippen LogP contribution in [0.2, 0.25) is 0 Å². The summed E-state index contributed by atoms with van der Waals surface area (Å²) in [5, 5.41) is 21.6. The van der Waals surface area contributed by atoms with E-state index in [1.165, 1.54) is 66.6 Å². The first-order valence-electron chi connectivity index (χ1n) is 9.41. The molecule has 1 fully saturated rings. The molecule has 0 unspecified atom stereocenters. The van der Waals surface area contributed by atoms with E-state index in [2.05, 4.69) is 32.3 Å². The largest absolute Gasteiger partial charge is 0.484 e. The molecule has 1 aromatic heterocycles. The van der Waals surface area contributed by atoms with Crippen molar-refractivity contribution in [3.8, 4) is 17.6 Å². The van der Waals surface area contributed by atoms with Crippen molar-refractivity contribution in [2.75, 3.05) is 37.3 Å². The van der Waals surface area contributed by atoms with Crippen molar-refractivity contribution < 1.29 is 14.5 Å². The molecule has 0 aliphatic carbocycles. The van der Waals surface area contributed by atoms with Crippen LogP contribution >= 0.6 is 23.1 Å². The first-order valence-corrected chi connectivity index (χ1v) is 11.2. The van der Waals surface area contributed by atoms with Crippen LogP contribution in [0, 0.1) is 22.0 Å². The van der Waals surface area contributed by atoms with Crippen molar-refractivity contribution in [2.24, 2.45) is 0 Å². The topological polar surface area (TPSA) is 110 Å². The Balaban J connectivity index is 1.36. The molecule has 11 heteroatoms. The summed E-state index contributed by atoms with van der Waals surface area (Å²) >= 11 is 2.76. The fraction of sp³-hybridized carbons (Fsp3) is 0.421. The van der Waals surface area contributed by atoms with E-state index >= 15 is 0 Å².